The topological polar surface area (TPSA) is 68.3 Å². The van der Waals surface area contributed by atoms with Gasteiger partial charge in [0.25, 0.3) is 0 Å². The van der Waals surface area contributed by atoms with Crippen molar-refractivity contribution in [3.05, 3.63) is 65.7 Å². The van der Waals surface area contributed by atoms with Crippen LogP contribution in [0.15, 0.2) is 54.6 Å². The molecule has 1 heterocycles. The third kappa shape index (κ3) is 6.15. The van der Waals surface area contributed by atoms with Gasteiger partial charge in [-0.05, 0) is 89.7 Å². The van der Waals surface area contributed by atoms with Crippen molar-refractivity contribution in [3.63, 3.8) is 0 Å². The van der Waals surface area contributed by atoms with Crippen LogP contribution in [0.2, 0.25) is 0 Å². The van der Waals surface area contributed by atoms with Gasteiger partial charge in [0.1, 0.15) is 23.5 Å². The summed E-state index contributed by atoms with van der Waals surface area (Å²) in [5.41, 5.74) is 2.06. The van der Waals surface area contributed by atoms with Crippen LogP contribution in [-0.4, -0.2) is 67.4 Å². The van der Waals surface area contributed by atoms with Crippen LogP contribution in [0.1, 0.15) is 69.9 Å². The number of ether oxygens (including phenoxy) is 3. The number of hydrogen-bond donors (Lipinski definition) is 0. The lowest BCUT2D eigenvalue weighted by Gasteiger charge is -2.45. The van der Waals surface area contributed by atoms with E-state index in [9.17, 15) is 9.59 Å². The van der Waals surface area contributed by atoms with Gasteiger partial charge in [-0.3, -0.25) is 9.80 Å². The number of amides is 1. The Morgan fingerprint density at radius 3 is 2.29 bits per heavy atom. The molecule has 0 N–H and O–H groups in total. The zero-order valence-corrected chi connectivity index (χ0v) is 23.6. The summed E-state index contributed by atoms with van der Waals surface area (Å²) in [4.78, 5) is 29.0. The van der Waals surface area contributed by atoms with Gasteiger partial charge in [-0.15, -0.1) is 0 Å². The molecule has 38 heavy (non-hydrogen) atoms. The van der Waals surface area contributed by atoms with Gasteiger partial charge < -0.3 is 14.2 Å². The summed E-state index contributed by atoms with van der Waals surface area (Å²) >= 11 is 0. The SMILES string of the molecule is COC(=O)[C@@H]1C[C@H](Oc2cccc([C@H]3CC[C@](c4ccccc4)(N(C)C)CC3)c2)CN1C(=O)OC(C)(C)C. The number of likely N-dealkylation sites (tertiary alicyclic amines) is 1. The molecule has 7 nitrogen and oxygen atoms in total. The predicted molar refractivity (Wildman–Crippen MR) is 147 cm³/mol. The van der Waals surface area contributed by atoms with Crippen molar-refractivity contribution in [1.29, 1.82) is 0 Å². The minimum Gasteiger partial charge on any atom is -0.488 e. The standard InChI is InChI=1S/C31H42N2O5/c1-30(2,3)38-29(35)33-21-26(20-27(33)28(34)36-6)37-25-14-10-11-23(19-25)22-15-17-31(18-16-22,32(4)5)24-12-8-7-9-13-24/h7-14,19,22,26-27H,15-18,20-21H2,1-6H3/t22-,26-,27-,31-/m0/s1. The van der Waals surface area contributed by atoms with E-state index in [4.69, 9.17) is 14.2 Å². The molecule has 2 aromatic carbocycles. The first-order valence-corrected chi connectivity index (χ1v) is 13.6. The average Bonchev–Trinajstić information content (AvgIpc) is 3.32. The molecule has 1 saturated carbocycles. The number of hydrogen-bond acceptors (Lipinski definition) is 6. The van der Waals surface area contributed by atoms with Gasteiger partial charge in [-0.2, -0.15) is 0 Å². The van der Waals surface area contributed by atoms with Crippen molar-refractivity contribution in [2.75, 3.05) is 27.7 Å². The monoisotopic (exact) mass is 522 g/mol. The fraction of sp³-hybridized carbons (Fsp3) is 0.548. The molecule has 2 atom stereocenters. The molecule has 1 amide bonds. The highest BCUT2D eigenvalue weighted by atomic mass is 16.6. The minimum absolute atomic E-state index is 0.0593. The first kappa shape index (κ1) is 28.0. The zero-order valence-electron chi connectivity index (χ0n) is 23.6. The summed E-state index contributed by atoms with van der Waals surface area (Å²) in [6.45, 7) is 5.69. The maximum Gasteiger partial charge on any atom is 0.411 e. The van der Waals surface area contributed by atoms with E-state index in [0.717, 1.165) is 31.4 Å². The summed E-state index contributed by atoms with van der Waals surface area (Å²) in [5, 5.41) is 0. The van der Waals surface area contributed by atoms with E-state index < -0.39 is 23.7 Å². The Bertz CT molecular complexity index is 1100. The Balaban J connectivity index is 1.44. The van der Waals surface area contributed by atoms with Crippen LogP contribution >= 0.6 is 0 Å². The van der Waals surface area contributed by atoms with Crippen molar-refractivity contribution in [1.82, 2.24) is 9.80 Å². The Morgan fingerprint density at radius 2 is 1.68 bits per heavy atom. The maximum absolute atomic E-state index is 12.8. The smallest absolute Gasteiger partial charge is 0.411 e. The Morgan fingerprint density at radius 1 is 1.00 bits per heavy atom. The Kier molecular flexibility index (Phi) is 8.36. The summed E-state index contributed by atoms with van der Waals surface area (Å²) < 4.78 is 16.8. The third-order valence-electron chi connectivity index (χ3n) is 7.98. The molecule has 2 aromatic rings. The van der Waals surface area contributed by atoms with Gasteiger partial charge >= 0.3 is 12.1 Å². The normalized spacial score (nSPS) is 25.8. The summed E-state index contributed by atoms with van der Waals surface area (Å²) in [5.74, 6) is 0.760. The number of methoxy groups -OCH3 is 1. The summed E-state index contributed by atoms with van der Waals surface area (Å²) in [6.07, 6.45) is 3.88. The third-order valence-corrected chi connectivity index (χ3v) is 7.98. The summed E-state index contributed by atoms with van der Waals surface area (Å²) in [6, 6.07) is 18.4. The largest absolute Gasteiger partial charge is 0.488 e. The van der Waals surface area contributed by atoms with E-state index in [0.29, 0.717) is 12.3 Å². The van der Waals surface area contributed by atoms with Gasteiger partial charge in [0.05, 0.1) is 13.7 Å². The molecule has 0 unspecified atom stereocenters. The second kappa shape index (κ2) is 11.4. The highest BCUT2D eigenvalue weighted by molar-refractivity contribution is 5.82. The van der Waals surface area contributed by atoms with E-state index in [-0.39, 0.29) is 18.2 Å². The number of carbonyl (C=O) groups excluding carboxylic acids is 2. The van der Waals surface area contributed by atoms with Crippen LogP contribution in [0.3, 0.4) is 0 Å². The van der Waals surface area contributed by atoms with Crippen LogP contribution in [0.5, 0.6) is 5.75 Å². The first-order chi connectivity index (χ1) is 18.0. The van der Waals surface area contributed by atoms with Crippen molar-refractivity contribution in [2.24, 2.45) is 0 Å². The molecule has 1 aliphatic heterocycles. The number of nitrogens with zero attached hydrogens (tertiary/aromatic N) is 2. The number of benzene rings is 2. The quantitative estimate of drug-likeness (QED) is 0.451. The summed E-state index contributed by atoms with van der Waals surface area (Å²) in [7, 11) is 5.71. The van der Waals surface area contributed by atoms with Gasteiger partial charge in [0.2, 0.25) is 0 Å². The maximum atomic E-state index is 12.8. The van der Waals surface area contributed by atoms with E-state index >= 15 is 0 Å². The lowest BCUT2D eigenvalue weighted by Crippen LogP contribution is -2.44. The lowest BCUT2D eigenvalue weighted by molar-refractivity contribution is -0.145. The molecule has 0 aromatic heterocycles. The van der Waals surface area contributed by atoms with Crippen LogP contribution in [-0.2, 0) is 19.8 Å². The van der Waals surface area contributed by atoms with Crippen LogP contribution in [0.4, 0.5) is 4.79 Å². The molecular weight excluding hydrogens is 480 g/mol. The van der Waals surface area contributed by atoms with Gasteiger partial charge in [-0.25, -0.2) is 9.59 Å². The second-order valence-electron chi connectivity index (χ2n) is 11.8. The van der Waals surface area contributed by atoms with E-state index in [2.05, 4.69) is 61.5 Å². The molecule has 2 fully saturated rings. The number of esters is 1. The van der Waals surface area contributed by atoms with E-state index in [1.165, 1.54) is 23.1 Å². The van der Waals surface area contributed by atoms with Gasteiger partial charge in [0, 0.05) is 12.0 Å². The zero-order chi connectivity index (χ0) is 27.5. The minimum atomic E-state index is -0.724. The highest BCUT2D eigenvalue weighted by Crippen LogP contribution is 2.46. The molecule has 2 aliphatic rings. The van der Waals surface area contributed by atoms with Crippen LogP contribution in [0, 0.1) is 0 Å². The highest BCUT2D eigenvalue weighted by Gasteiger charge is 2.43. The fourth-order valence-corrected chi connectivity index (χ4v) is 5.97. The molecule has 1 saturated heterocycles. The van der Waals surface area contributed by atoms with Gasteiger partial charge in [-0.1, -0.05) is 42.5 Å². The number of rotatable bonds is 6. The predicted octanol–water partition coefficient (Wildman–Crippen LogP) is 5.73. The number of carbonyl (C=O) groups is 2. The lowest BCUT2D eigenvalue weighted by atomic mass is 9.70. The van der Waals surface area contributed by atoms with E-state index in [1.54, 1.807) is 20.8 Å². The molecule has 4 rings (SSSR count). The molecule has 7 heteroatoms. The van der Waals surface area contributed by atoms with Gasteiger partial charge in [0.15, 0.2) is 0 Å². The molecule has 206 valence electrons. The van der Waals surface area contributed by atoms with Crippen LogP contribution in [0.25, 0.3) is 0 Å². The van der Waals surface area contributed by atoms with Crippen molar-refractivity contribution in [3.8, 4) is 5.75 Å². The van der Waals surface area contributed by atoms with Crippen LogP contribution < -0.4 is 4.74 Å². The molecular formula is C31H42N2O5. The van der Waals surface area contributed by atoms with Crippen molar-refractivity contribution < 1.29 is 23.8 Å². The fourth-order valence-electron chi connectivity index (χ4n) is 5.97. The van der Waals surface area contributed by atoms with Crippen molar-refractivity contribution in [2.45, 2.75) is 82.1 Å². The Labute approximate surface area is 227 Å². The molecule has 0 bridgehead atoms. The first-order valence-electron chi connectivity index (χ1n) is 13.6. The Hall–Kier alpha value is -3.06. The van der Waals surface area contributed by atoms with Crippen molar-refractivity contribution >= 4 is 12.1 Å². The molecule has 0 spiro atoms. The van der Waals surface area contributed by atoms with E-state index in [1.807, 2.05) is 12.1 Å². The molecule has 1 aliphatic carbocycles. The molecule has 0 radical (unpaired) electrons. The average molecular weight is 523 g/mol. The second-order valence-corrected chi connectivity index (χ2v) is 11.8.